The van der Waals surface area contributed by atoms with Crippen molar-refractivity contribution >= 4 is 11.9 Å². The van der Waals surface area contributed by atoms with Crippen molar-refractivity contribution in [1.82, 2.24) is 14.7 Å². The first-order chi connectivity index (χ1) is 11.0. The number of morpholine rings is 1. The molecule has 23 heavy (non-hydrogen) atoms. The first-order valence-electron chi connectivity index (χ1n) is 8.56. The zero-order chi connectivity index (χ0) is 16.8. The molecule has 2 aliphatic heterocycles. The molecule has 0 aromatic heterocycles. The highest BCUT2D eigenvalue weighted by Gasteiger charge is 2.35. The second-order valence-corrected chi connectivity index (χ2v) is 6.56. The summed E-state index contributed by atoms with van der Waals surface area (Å²) in [5.41, 5.74) is 0. The number of carboxylic acids is 1. The quantitative estimate of drug-likeness (QED) is 0.715. The van der Waals surface area contributed by atoms with Crippen LogP contribution in [0.2, 0.25) is 0 Å². The SMILES string of the molecule is CCCN1CCCC1C(=O)N1CCOC(CN(C)CC(=O)O)C1. The molecule has 1 amide bonds. The van der Waals surface area contributed by atoms with Crippen molar-refractivity contribution in [2.24, 2.45) is 0 Å². The predicted molar refractivity (Wildman–Crippen MR) is 86.3 cm³/mol. The topological polar surface area (TPSA) is 73.3 Å². The Morgan fingerprint density at radius 3 is 2.83 bits per heavy atom. The second-order valence-electron chi connectivity index (χ2n) is 6.56. The molecule has 0 aromatic carbocycles. The van der Waals surface area contributed by atoms with E-state index in [9.17, 15) is 9.59 Å². The average molecular weight is 327 g/mol. The highest BCUT2D eigenvalue weighted by Crippen LogP contribution is 2.21. The van der Waals surface area contributed by atoms with Crippen molar-refractivity contribution in [2.75, 3.05) is 52.9 Å². The van der Waals surface area contributed by atoms with Crippen LogP contribution < -0.4 is 0 Å². The van der Waals surface area contributed by atoms with E-state index in [0.29, 0.717) is 26.2 Å². The van der Waals surface area contributed by atoms with E-state index in [4.69, 9.17) is 9.84 Å². The van der Waals surface area contributed by atoms with Crippen molar-refractivity contribution in [2.45, 2.75) is 38.3 Å². The van der Waals surface area contributed by atoms with E-state index in [2.05, 4.69) is 11.8 Å². The van der Waals surface area contributed by atoms with E-state index < -0.39 is 5.97 Å². The Kier molecular flexibility index (Phi) is 6.80. The third-order valence-corrected chi connectivity index (χ3v) is 4.53. The van der Waals surface area contributed by atoms with Crippen LogP contribution in [0.3, 0.4) is 0 Å². The smallest absolute Gasteiger partial charge is 0.317 e. The van der Waals surface area contributed by atoms with Crippen LogP contribution in [-0.2, 0) is 14.3 Å². The first kappa shape index (κ1) is 18.2. The van der Waals surface area contributed by atoms with Gasteiger partial charge in [-0.3, -0.25) is 19.4 Å². The minimum absolute atomic E-state index is 0.0132. The lowest BCUT2D eigenvalue weighted by Gasteiger charge is -2.37. The van der Waals surface area contributed by atoms with E-state index in [0.717, 1.165) is 32.4 Å². The summed E-state index contributed by atoms with van der Waals surface area (Å²) in [6.45, 7) is 6.36. The van der Waals surface area contributed by atoms with Crippen LogP contribution in [0.1, 0.15) is 26.2 Å². The molecule has 0 bridgehead atoms. The maximum absolute atomic E-state index is 12.8. The Hall–Kier alpha value is -1.18. The van der Waals surface area contributed by atoms with E-state index in [1.54, 1.807) is 11.9 Å². The second kappa shape index (κ2) is 8.61. The van der Waals surface area contributed by atoms with Crippen molar-refractivity contribution in [3.8, 4) is 0 Å². The molecule has 0 saturated carbocycles. The Morgan fingerprint density at radius 1 is 1.35 bits per heavy atom. The first-order valence-corrected chi connectivity index (χ1v) is 8.56. The van der Waals surface area contributed by atoms with Gasteiger partial charge in [0, 0.05) is 19.6 Å². The van der Waals surface area contributed by atoms with Crippen LogP contribution in [0.25, 0.3) is 0 Å². The number of hydrogen-bond donors (Lipinski definition) is 1. The summed E-state index contributed by atoms with van der Waals surface area (Å²) in [6, 6.07) is 0.0189. The number of rotatable bonds is 7. The molecule has 2 heterocycles. The lowest BCUT2D eigenvalue weighted by molar-refractivity contribution is -0.145. The molecule has 0 radical (unpaired) electrons. The Morgan fingerprint density at radius 2 is 2.13 bits per heavy atom. The van der Waals surface area contributed by atoms with Gasteiger partial charge in [0.15, 0.2) is 0 Å². The Bertz CT molecular complexity index is 418. The zero-order valence-electron chi connectivity index (χ0n) is 14.2. The summed E-state index contributed by atoms with van der Waals surface area (Å²) in [5, 5.41) is 8.82. The number of aliphatic carboxylic acids is 1. The molecule has 0 spiro atoms. The van der Waals surface area contributed by atoms with Gasteiger partial charge in [0.05, 0.1) is 25.3 Å². The van der Waals surface area contributed by atoms with E-state index in [1.165, 1.54) is 0 Å². The van der Waals surface area contributed by atoms with Gasteiger partial charge in [-0.05, 0) is 39.4 Å². The summed E-state index contributed by atoms with van der Waals surface area (Å²) >= 11 is 0. The highest BCUT2D eigenvalue weighted by atomic mass is 16.5. The number of likely N-dealkylation sites (N-methyl/N-ethyl adjacent to an activating group) is 1. The number of ether oxygens (including phenoxy) is 1. The van der Waals surface area contributed by atoms with Crippen LogP contribution in [0, 0.1) is 0 Å². The van der Waals surface area contributed by atoms with Crippen LogP contribution in [-0.4, -0.2) is 96.8 Å². The summed E-state index contributed by atoms with van der Waals surface area (Å²) in [4.78, 5) is 29.5. The number of carbonyl (C=O) groups excluding carboxylic acids is 1. The summed E-state index contributed by atoms with van der Waals surface area (Å²) in [7, 11) is 1.76. The number of amides is 1. The fourth-order valence-corrected chi connectivity index (χ4v) is 3.54. The van der Waals surface area contributed by atoms with Crippen molar-refractivity contribution < 1.29 is 19.4 Å². The van der Waals surface area contributed by atoms with Gasteiger partial charge in [0.1, 0.15) is 0 Å². The van der Waals surface area contributed by atoms with Gasteiger partial charge in [-0.1, -0.05) is 6.92 Å². The molecule has 2 fully saturated rings. The maximum Gasteiger partial charge on any atom is 0.317 e. The molecule has 7 nitrogen and oxygen atoms in total. The monoisotopic (exact) mass is 327 g/mol. The zero-order valence-corrected chi connectivity index (χ0v) is 14.2. The summed E-state index contributed by atoms with van der Waals surface area (Å²) < 4.78 is 5.71. The van der Waals surface area contributed by atoms with Gasteiger partial charge in [0.25, 0.3) is 0 Å². The molecule has 132 valence electrons. The number of likely N-dealkylation sites (tertiary alicyclic amines) is 1. The Labute approximate surface area is 138 Å². The molecule has 2 unspecified atom stereocenters. The van der Waals surface area contributed by atoms with Gasteiger partial charge >= 0.3 is 5.97 Å². The predicted octanol–water partition coefficient (Wildman–Crippen LogP) is 0.105. The number of carboxylic acid groups (broad SMARTS) is 1. The number of hydrogen-bond acceptors (Lipinski definition) is 5. The maximum atomic E-state index is 12.8. The lowest BCUT2D eigenvalue weighted by Crippen LogP contribution is -2.54. The fourth-order valence-electron chi connectivity index (χ4n) is 3.54. The molecule has 7 heteroatoms. The standard InChI is InChI=1S/C16H29N3O4/c1-3-6-18-7-4-5-14(18)16(22)19-8-9-23-13(11-19)10-17(2)12-15(20)21/h13-14H,3-12H2,1-2H3,(H,20,21). The van der Waals surface area contributed by atoms with E-state index in [-0.39, 0.29) is 24.6 Å². The molecule has 2 saturated heterocycles. The molecule has 0 aliphatic carbocycles. The van der Waals surface area contributed by atoms with E-state index >= 15 is 0 Å². The molecular weight excluding hydrogens is 298 g/mol. The van der Waals surface area contributed by atoms with Crippen molar-refractivity contribution in [1.29, 1.82) is 0 Å². The largest absolute Gasteiger partial charge is 0.480 e. The molecule has 2 rings (SSSR count). The highest BCUT2D eigenvalue weighted by molar-refractivity contribution is 5.82. The van der Waals surface area contributed by atoms with Crippen LogP contribution in [0.4, 0.5) is 0 Å². The summed E-state index contributed by atoms with van der Waals surface area (Å²) in [6.07, 6.45) is 2.99. The van der Waals surface area contributed by atoms with Crippen LogP contribution >= 0.6 is 0 Å². The molecule has 1 N–H and O–H groups in total. The average Bonchev–Trinajstić information content (AvgIpc) is 2.94. The number of carbonyl (C=O) groups is 2. The van der Waals surface area contributed by atoms with Crippen molar-refractivity contribution in [3.63, 3.8) is 0 Å². The normalized spacial score (nSPS) is 26.0. The third-order valence-electron chi connectivity index (χ3n) is 4.53. The third kappa shape index (κ3) is 5.16. The lowest BCUT2D eigenvalue weighted by atomic mass is 10.1. The number of nitrogens with zero attached hydrogens (tertiary/aromatic N) is 3. The minimum Gasteiger partial charge on any atom is -0.480 e. The van der Waals surface area contributed by atoms with Gasteiger partial charge in [0.2, 0.25) is 5.91 Å². The molecule has 2 atom stereocenters. The molecular formula is C16H29N3O4. The molecule has 2 aliphatic rings. The van der Waals surface area contributed by atoms with Gasteiger partial charge in [-0.15, -0.1) is 0 Å². The van der Waals surface area contributed by atoms with Gasteiger partial charge < -0.3 is 14.7 Å². The Balaban J connectivity index is 1.87. The summed E-state index contributed by atoms with van der Waals surface area (Å²) in [5.74, 6) is -0.637. The van der Waals surface area contributed by atoms with Gasteiger partial charge in [-0.25, -0.2) is 0 Å². The van der Waals surface area contributed by atoms with Crippen LogP contribution in [0.5, 0.6) is 0 Å². The minimum atomic E-state index is -0.850. The van der Waals surface area contributed by atoms with E-state index in [1.807, 2.05) is 4.90 Å². The fraction of sp³-hybridized carbons (Fsp3) is 0.875. The van der Waals surface area contributed by atoms with Crippen LogP contribution in [0.15, 0.2) is 0 Å². The van der Waals surface area contributed by atoms with Crippen molar-refractivity contribution in [3.05, 3.63) is 0 Å². The van der Waals surface area contributed by atoms with Gasteiger partial charge in [-0.2, -0.15) is 0 Å². The molecule has 0 aromatic rings.